The molecule has 0 saturated heterocycles. The van der Waals surface area contributed by atoms with Crippen LogP contribution in [0.1, 0.15) is 22.8 Å². The largest absolute Gasteiger partial charge is 0.506 e. The van der Waals surface area contributed by atoms with E-state index in [1.165, 1.54) is 14.0 Å². The van der Waals surface area contributed by atoms with Crippen molar-refractivity contribution in [2.24, 2.45) is 0 Å². The first kappa shape index (κ1) is 10.9. The number of rotatable bonds is 2. The standard InChI is InChI=1S/C10H11ClO3/c1-5-4-7(6(2)12)10(14-3)8(11)9(5)13/h4,13H,1-3H3. The number of ketones is 1. The van der Waals surface area contributed by atoms with Crippen molar-refractivity contribution in [3.63, 3.8) is 0 Å². The normalized spacial score (nSPS) is 10.0. The summed E-state index contributed by atoms with van der Waals surface area (Å²) >= 11 is 5.82. The predicted octanol–water partition coefficient (Wildman–Crippen LogP) is 2.57. The van der Waals surface area contributed by atoms with Crippen LogP contribution < -0.4 is 4.74 Å². The van der Waals surface area contributed by atoms with E-state index in [1.807, 2.05) is 0 Å². The minimum atomic E-state index is -0.146. The minimum absolute atomic E-state index is 0.0477. The highest BCUT2D eigenvalue weighted by Gasteiger charge is 2.17. The Morgan fingerprint density at radius 3 is 2.57 bits per heavy atom. The van der Waals surface area contributed by atoms with Gasteiger partial charge in [-0.05, 0) is 25.5 Å². The molecular weight excluding hydrogens is 204 g/mol. The van der Waals surface area contributed by atoms with Gasteiger partial charge in [0.25, 0.3) is 0 Å². The summed E-state index contributed by atoms with van der Waals surface area (Å²) in [6.45, 7) is 3.10. The third-order valence-corrected chi connectivity index (χ3v) is 2.32. The van der Waals surface area contributed by atoms with Gasteiger partial charge in [0.05, 0.1) is 12.7 Å². The Morgan fingerprint density at radius 1 is 1.57 bits per heavy atom. The van der Waals surface area contributed by atoms with Crippen LogP contribution >= 0.6 is 11.6 Å². The molecule has 76 valence electrons. The van der Waals surface area contributed by atoms with Gasteiger partial charge in [-0.2, -0.15) is 0 Å². The first-order valence-corrected chi connectivity index (χ1v) is 4.43. The quantitative estimate of drug-likeness (QED) is 0.770. The molecule has 1 aromatic carbocycles. The first-order valence-electron chi connectivity index (χ1n) is 4.06. The van der Waals surface area contributed by atoms with Gasteiger partial charge in [-0.1, -0.05) is 11.6 Å². The lowest BCUT2D eigenvalue weighted by atomic mass is 10.1. The molecule has 4 heteroatoms. The third-order valence-electron chi connectivity index (χ3n) is 1.97. The monoisotopic (exact) mass is 214 g/mol. The number of hydrogen-bond donors (Lipinski definition) is 1. The number of phenols is 1. The van der Waals surface area contributed by atoms with Crippen molar-refractivity contribution < 1.29 is 14.6 Å². The average molecular weight is 215 g/mol. The zero-order valence-electron chi connectivity index (χ0n) is 8.22. The summed E-state index contributed by atoms with van der Waals surface area (Å²) < 4.78 is 4.96. The maximum Gasteiger partial charge on any atom is 0.163 e. The van der Waals surface area contributed by atoms with E-state index in [-0.39, 0.29) is 22.3 Å². The number of hydrogen-bond acceptors (Lipinski definition) is 3. The molecule has 1 rings (SSSR count). The van der Waals surface area contributed by atoms with E-state index in [0.717, 1.165) is 0 Å². The zero-order chi connectivity index (χ0) is 10.9. The molecule has 0 fully saturated rings. The number of carbonyl (C=O) groups is 1. The smallest absolute Gasteiger partial charge is 0.163 e. The Hall–Kier alpha value is -1.22. The molecule has 0 unspecified atom stereocenters. The van der Waals surface area contributed by atoms with Crippen molar-refractivity contribution >= 4 is 17.4 Å². The Balaban J connectivity index is 3.51. The highest BCUT2D eigenvalue weighted by Crippen LogP contribution is 2.38. The number of Topliss-reactive ketones (excluding diaryl/α,β-unsaturated/α-hetero) is 1. The highest BCUT2D eigenvalue weighted by molar-refractivity contribution is 6.34. The SMILES string of the molecule is COc1c(C(C)=O)cc(C)c(O)c1Cl. The fourth-order valence-electron chi connectivity index (χ4n) is 1.21. The zero-order valence-corrected chi connectivity index (χ0v) is 8.97. The van der Waals surface area contributed by atoms with E-state index >= 15 is 0 Å². The van der Waals surface area contributed by atoms with Crippen molar-refractivity contribution in [2.45, 2.75) is 13.8 Å². The Bertz CT molecular complexity index is 385. The maximum absolute atomic E-state index is 11.2. The van der Waals surface area contributed by atoms with Crippen LogP contribution in [-0.2, 0) is 0 Å². The molecule has 0 radical (unpaired) electrons. The van der Waals surface area contributed by atoms with Crippen molar-refractivity contribution in [1.29, 1.82) is 0 Å². The molecule has 0 aliphatic heterocycles. The summed E-state index contributed by atoms with van der Waals surface area (Å²) in [5.41, 5.74) is 0.939. The molecule has 3 nitrogen and oxygen atoms in total. The van der Waals surface area contributed by atoms with Gasteiger partial charge in [0, 0.05) is 0 Å². The Labute approximate surface area is 87.3 Å². The number of ether oxygens (including phenoxy) is 1. The van der Waals surface area contributed by atoms with Gasteiger partial charge in [0.2, 0.25) is 0 Å². The van der Waals surface area contributed by atoms with Crippen molar-refractivity contribution in [3.8, 4) is 11.5 Å². The van der Waals surface area contributed by atoms with Crippen LogP contribution in [-0.4, -0.2) is 18.0 Å². The van der Waals surface area contributed by atoms with Gasteiger partial charge >= 0.3 is 0 Å². The number of methoxy groups -OCH3 is 1. The van der Waals surface area contributed by atoms with Crippen LogP contribution in [0.4, 0.5) is 0 Å². The fourth-order valence-corrected chi connectivity index (χ4v) is 1.54. The van der Waals surface area contributed by atoms with Crippen LogP contribution in [0.5, 0.6) is 11.5 Å². The van der Waals surface area contributed by atoms with Crippen molar-refractivity contribution in [2.75, 3.05) is 7.11 Å². The second-order valence-corrected chi connectivity index (χ2v) is 3.37. The molecule has 0 aromatic heterocycles. The van der Waals surface area contributed by atoms with Crippen LogP contribution in [0.25, 0.3) is 0 Å². The van der Waals surface area contributed by atoms with Crippen molar-refractivity contribution in [1.82, 2.24) is 0 Å². The molecule has 1 N–H and O–H groups in total. The molecule has 0 heterocycles. The van der Waals surface area contributed by atoms with Crippen LogP contribution in [0, 0.1) is 6.92 Å². The molecule has 0 atom stereocenters. The molecule has 0 aliphatic carbocycles. The fraction of sp³-hybridized carbons (Fsp3) is 0.300. The number of halogens is 1. The van der Waals surface area contributed by atoms with Gasteiger partial charge in [-0.3, -0.25) is 4.79 Å². The Morgan fingerprint density at radius 2 is 2.14 bits per heavy atom. The third kappa shape index (κ3) is 1.68. The summed E-state index contributed by atoms with van der Waals surface area (Å²) in [7, 11) is 1.41. The molecule has 0 bridgehead atoms. The summed E-state index contributed by atoms with van der Waals surface area (Å²) in [5, 5.41) is 9.58. The summed E-state index contributed by atoms with van der Waals surface area (Å²) in [6.07, 6.45) is 0. The van der Waals surface area contributed by atoms with E-state index in [1.54, 1.807) is 13.0 Å². The topological polar surface area (TPSA) is 46.5 Å². The van der Waals surface area contributed by atoms with Gasteiger partial charge < -0.3 is 9.84 Å². The van der Waals surface area contributed by atoms with Crippen LogP contribution in [0.2, 0.25) is 5.02 Å². The number of aromatic hydroxyl groups is 1. The lowest BCUT2D eigenvalue weighted by Gasteiger charge is -2.11. The Kier molecular flexibility index (Phi) is 3.01. The maximum atomic E-state index is 11.2. The number of carbonyl (C=O) groups excluding carboxylic acids is 1. The van der Waals surface area contributed by atoms with E-state index in [4.69, 9.17) is 16.3 Å². The van der Waals surface area contributed by atoms with E-state index < -0.39 is 0 Å². The number of phenolic OH excluding ortho intramolecular Hbond substituents is 1. The van der Waals surface area contributed by atoms with Gasteiger partial charge in [-0.25, -0.2) is 0 Å². The molecule has 0 amide bonds. The van der Waals surface area contributed by atoms with E-state index in [9.17, 15) is 9.90 Å². The summed E-state index contributed by atoms with van der Waals surface area (Å²) in [5.74, 6) is 0.0302. The molecule has 0 saturated carbocycles. The van der Waals surface area contributed by atoms with Gasteiger partial charge in [-0.15, -0.1) is 0 Å². The lowest BCUT2D eigenvalue weighted by molar-refractivity contribution is 0.101. The van der Waals surface area contributed by atoms with Crippen LogP contribution in [0.15, 0.2) is 6.07 Å². The number of aryl methyl sites for hydroxylation is 1. The molecular formula is C10H11ClO3. The minimum Gasteiger partial charge on any atom is -0.506 e. The second kappa shape index (κ2) is 3.88. The molecule has 14 heavy (non-hydrogen) atoms. The highest BCUT2D eigenvalue weighted by atomic mass is 35.5. The van der Waals surface area contributed by atoms with Gasteiger partial charge in [0.1, 0.15) is 10.8 Å². The average Bonchev–Trinajstić information content (AvgIpc) is 2.13. The summed E-state index contributed by atoms with van der Waals surface area (Å²) in [4.78, 5) is 11.2. The molecule has 0 spiro atoms. The van der Waals surface area contributed by atoms with Crippen LogP contribution in [0.3, 0.4) is 0 Å². The molecule has 0 aliphatic rings. The number of benzene rings is 1. The predicted molar refractivity (Wildman–Crippen MR) is 54.4 cm³/mol. The van der Waals surface area contributed by atoms with Crippen molar-refractivity contribution in [3.05, 3.63) is 22.2 Å². The lowest BCUT2D eigenvalue weighted by Crippen LogP contribution is -1.99. The molecule has 1 aromatic rings. The van der Waals surface area contributed by atoms with E-state index in [2.05, 4.69) is 0 Å². The van der Waals surface area contributed by atoms with Gasteiger partial charge in [0.15, 0.2) is 11.5 Å². The second-order valence-electron chi connectivity index (χ2n) is 2.99. The first-order chi connectivity index (χ1) is 6.49. The summed E-state index contributed by atoms with van der Waals surface area (Å²) in [6, 6.07) is 1.56. The van der Waals surface area contributed by atoms with E-state index in [0.29, 0.717) is 11.1 Å².